The molecule has 150 valence electrons. The van der Waals surface area contributed by atoms with Crippen LogP contribution in [-0.4, -0.2) is 28.2 Å². The van der Waals surface area contributed by atoms with E-state index in [1.807, 2.05) is 45.0 Å². The van der Waals surface area contributed by atoms with Crippen molar-refractivity contribution in [2.45, 2.75) is 46.1 Å². The van der Waals surface area contributed by atoms with Gasteiger partial charge in [0, 0.05) is 0 Å². The van der Waals surface area contributed by atoms with Gasteiger partial charge in [-0.15, -0.1) is 0 Å². The minimum absolute atomic E-state index is 0.0254. The van der Waals surface area contributed by atoms with Crippen molar-refractivity contribution in [3.05, 3.63) is 70.8 Å². The lowest BCUT2D eigenvalue weighted by Crippen LogP contribution is -2.40. The molecule has 0 aliphatic carbocycles. The fourth-order valence-corrected chi connectivity index (χ4v) is 2.87. The molecule has 6 heteroatoms. The van der Waals surface area contributed by atoms with Crippen molar-refractivity contribution in [2.75, 3.05) is 0 Å². The summed E-state index contributed by atoms with van der Waals surface area (Å²) >= 11 is 0. The number of aliphatic hydroxyl groups excluding tert-OH is 1. The van der Waals surface area contributed by atoms with Gasteiger partial charge in [0.1, 0.15) is 6.10 Å². The molecule has 0 saturated heterocycles. The Morgan fingerprint density at radius 3 is 2.25 bits per heavy atom. The molecule has 1 unspecified atom stereocenters. The van der Waals surface area contributed by atoms with E-state index < -0.39 is 12.1 Å². The lowest BCUT2D eigenvalue weighted by molar-refractivity contribution is -0.137. The summed E-state index contributed by atoms with van der Waals surface area (Å²) < 4.78 is 5.87. The second kappa shape index (κ2) is 10.0. The van der Waals surface area contributed by atoms with Crippen molar-refractivity contribution in [1.29, 1.82) is 0 Å². The van der Waals surface area contributed by atoms with Gasteiger partial charge >= 0.3 is 5.97 Å². The highest BCUT2D eigenvalue weighted by Crippen LogP contribution is 2.17. The van der Waals surface area contributed by atoms with E-state index in [1.165, 1.54) is 12.1 Å². The predicted molar refractivity (Wildman–Crippen MR) is 106 cm³/mol. The summed E-state index contributed by atoms with van der Waals surface area (Å²) in [6.07, 6.45) is -0.626. The maximum Gasteiger partial charge on any atom is 0.335 e. The van der Waals surface area contributed by atoms with Crippen molar-refractivity contribution >= 4 is 11.9 Å². The van der Waals surface area contributed by atoms with Crippen LogP contribution in [0.1, 0.15) is 53.9 Å². The molecule has 0 spiro atoms. The van der Waals surface area contributed by atoms with Gasteiger partial charge in [-0.25, -0.2) is 4.79 Å². The zero-order chi connectivity index (χ0) is 20.7. The van der Waals surface area contributed by atoms with Crippen LogP contribution in [0.15, 0.2) is 48.5 Å². The van der Waals surface area contributed by atoms with Gasteiger partial charge in [0.2, 0.25) is 5.91 Å². The summed E-state index contributed by atoms with van der Waals surface area (Å²) in [6.45, 7) is 5.91. The number of aliphatic hydroxyl groups is 1. The minimum Gasteiger partial charge on any atom is -0.478 e. The fraction of sp³-hybridized carbons (Fsp3) is 0.364. The maximum atomic E-state index is 12.7. The number of carbonyl (C=O) groups excluding carboxylic acids is 1. The van der Waals surface area contributed by atoms with E-state index in [4.69, 9.17) is 9.84 Å². The number of amides is 1. The number of rotatable bonds is 9. The number of carbonyl (C=O) groups is 2. The number of carboxylic acids is 1. The van der Waals surface area contributed by atoms with Crippen LogP contribution in [0.3, 0.4) is 0 Å². The van der Waals surface area contributed by atoms with E-state index in [0.717, 1.165) is 16.7 Å². The Labute approximate surface area is 165 Å². The average molecular weight is 385 g/mol. The molecule has 2 aromatic carbocycles. The normalized spacial score (nSPS) is 13.2. The molecule has 0 aromatic heterocycles. The van der Waals surface area contributed by atoms with Crippen LogP contribution in [0.4, 0.5) is 0 Å². The molecule has 0 aliphatic rings. The third-order valence-corrected chi connectivity index (χ3v) is 4.48. The van der Waals surface area contributed by atoms with Crippen molar-refractivity contribution in [3.63, 3.8) is 0 Å². The molecule has 2 atom stereocenters. The standard InChI is InChI=1S/C22H27NO5/c1-14(2)20(28-13-17-6-4-5-16(11-17)12-24)21(25)23-15(3)18-7-9-19(10-8-18)22(26)27/h4-11,14-15,20,24H,12-13H2,1-3H3,(H,23,25)(H,26,27)/t15-,20?/m0/s1. The van der Waals surface area contributed by atoms with Gasteiger partial charge in [0.15, 0.2) is 0 Å². The average Bonchev–Trinajstić information content (AvgIpc) is 2.68. The second-order valence-electron chi connectivity index (χ2n) is 7.11. The summed E-state index contributed by atoms with van der Waals surface area (Å²) in [7, 11) is 0. The Morgan fingerprint density at radius 2 is 1.68 bits per heavy atom. The largest absolute Gasteiger partial charge is 0.478 e. The summed E-state index contributed by atoms with van der Waals surface area (Å²) in [5, 5.41) is 21.1. The third kappa shape index (κ3) is 5.90. The third-order valence-electron chi connectivity index (χ3n) is 4.48. The van der Waals surface area contributed by atoms with E-state index in [1.54, 1.807) is 12.1 Å². The first-order valence-corrected chi connectivity index (χ1v) is 9.25. The smallest absolute Gasteiger partial charge is 0.335 e. The molecule has 3 N–H and O–H groups in total. The molecule has 0 radical (unpaired) electrons. The highest BCUT2D eigenvalue weighted by Gasteiger charge is 2.24. The van der Waals surface area contributed by atoms with Gasteiger partial charge in [0.25, 0.3) is 0 Å². The SMILES string of the molecule is CC(C)C(OCc1cccc(CO)c1)C(=O)N[C@@H](C)c1ccc(C(=O)O)cc1. The maximum absolute atomic E-state index is 12.7. The van der Waals surface area contributed by atoms with Gasteiger partial charge in [-0.3, -0.25) is 4.79 Å². The Morgan fingerprint density at radius 1 is 1.04 bits per heavy atom. The highest BCUT2D eigenvalue weighted by molar-refractivity contribution is 5.87. The molecule has 2 aromatic rings. The topological polar surface area (TPSA) is 95.9 Å². The van der Waals surface area contributed by atoms with E-state index in [-0.39, 0.29) is 36.6 Å². The first-order chi connectivity index (χ1) is 13.3. The van der Waals surface area contributed by atoms with Gasteiger partial charge in [-0.05, 0) is 41.7 Å². The molecule has 0 fully saturated rings. The van der Waals surface area contributed by atoms with Gasteiger partial charge < -0.3 is 20.3 Å². The van der Waals surface area contributed by atoms with Crippen molar-refractivity contribution < 1.29 is 24.5 Å². The van der Waals surface area contributed by atoms with Gasteiger partial charge in [0.05, 0.1) is 24.8 Å². The Bertz CT molecular complexity index is 801. The first-order valence-electron chi connectivity index (χ1n) is 9.25. The summed E-state index contributed by atoms with van der Waals surface area (Å²) in [5.74, 6) is -1.23. The Hall–Kier alpha value is -2.70. The van der Waals surface area contributed by atoms with Crippen LogP contribution in [-0.2, 0) is 22.7 Å². The van der Waals surface area contributed by atoms with E-state index in [9.17, 15) is 14.7 Å². The molecule has 1 amide bonds. The molecule has 0 aliphatic heterocycles. The molecular formula is C22H27NO5. The first kappa shape index (κ1) is 21.6. The number of aromatic carboxylic acids is 1. The van der Waals surface area contributed by atoms with Crippen LogP contribution in [0.25, 0.3) is 0 Å². The van der Waals surface area contributed by atoms with Crippen LogP contribution in [0.5, 0.6) is 0 Å². The van der Waals surface area contributed by atoms with Crippen LogP contribution < -0.4 is 5.32 Å². The van der Waals surface area contributed by atoms with Crippen LogP contribution in [0, 0.1) is 5.92 Å². The highest BCUT2D eigenvalue weighted by atomic mass is 16.5. The summed E-state index contributed by atoms with van der Waals surface area (Å²) in [4.78, 5) is 23.7. The van der Waals surface area contributed by atoms with E-state index in [0.29, 0.717) is 0 Å². The fourth-order valence-electron chi connectivity index (χ4n) is 2.87. The Kier molecular flexibility index (Phi) is 7.72. The Balaban J connectivity index is 2.00. The quantitative estimate of drug-likeness (QED) is 0.616. The number of hydrogen-bond donors (Lipinski definition) is 3. The zero-order valence-corrected chi connectivity index (χ0v) is 16.4. The molecule has 2 rings (SSSR count). The number of benzene rings is 2. The van der Waals surface area contributed by atoms with E-state index in [2.05, 4.69) is 5.32 Å². The van der Waals surface area contributed by atoms with Crippen molar-refractivity contribution in [2.24, 2.45) is 5.92 Å². The van der Waals surface area contributed by atoms with E-state index >= 15 is 0 Å². The van der Waals surface area contributed by atoms with Crippen LogP contribution in [0.2, 0.25) is 0 Å². The number of hydrogen-bond acceptors (Lipinski definition) is 4. The molecule has 0 heterocycles. The molecular weight excluding hydrogens is 358 g/mol. The van der Waals surface area contributed by atoms with Gasteiger partial charge in [-0.2, -0.15) is 0 Å². The van der Waals surface area contributed by atoms with Crippen molar-refractivity contribution in [3.8, 4) is 0 Å². The van der Waals surface area contributed by atoms with Crippen molar-refractivity contribution in [1.82, 2.24) is 5.32 Å². The second-order valence-corrected chi connectivity index (χ2v) is 7.11. The molecule has 0 saturated carbocycles. The van der Waals surface area contributed by atoms with Gasteiger partial charge in [-0.1, -0.05) is 50.2 Å². The molecule has 28 heavy (non-hydrogen) atoms. The van der Waals surface area contributed by atoms with Crippen LogP contribution >= 0.6 is 0 Å². The lowest BCUT2D eigenvalue weighted by Gasteiger charge is -2.24. The molecule has 6 nitrogen and oxygen atoms in total. The predicted octanol–water partition coefficient (Wildman–Crippen LogP) is 3.30. The minimum atomic E-state index is -0.984. The monoisotopic (exact) mass is 385 g/mol. The number of ether oxygens (including phenoxy) is 1. The lowest BCUT2D eigenvalue weighted by atomic mass is 10.0. The summed E-state index contributed by atoms with van der Waals surface area (Å²) in [5.41, 5.74) is 2.71. The zero-order valence-electron chi connectivity index (χ0n) is 16.4. The number of nitrogens with one attached hydrogen (secondary N) is 1. The molecule has 0 bridgehead atoms. The summed E-state index contributed by atoms with van der Waals surface area (Å²) in [6, 6.07) is 13.6. The number of carboxylic acid groups (broad SMARTS) is 1.